The van der Waals surface area contributed by atoms with Crippen LogP contribution in [0.25, 0.3) is 5.57 Å². The van der Waals surface area contributed by atoms with E-state index in [-0.39, 0.29) is 54.5 Å². The van der Waals surface area contributed by atoms with E-state index >= 15 is 0 Å². The number of nitrogens with zero attached hydrogens (tertiary/aromatic N) is 3. The first kappa shape index (κ1) is 32.2. The summed E-state index contributed by atoms with van der Waals surface area (Å²) < 4.78 is 26.8. The predicted octanol–water partition coefficient (Wildman–Crippen LogP) is 2.43. The zero-order valence-electron chi connectivity index (χ0n) is 23.1. The highest BCUT2D eigenvalue weighted by Gasteiger charge is 2.36. The minimum atomic E-state index is -0.369. The Balaban J connectivity index is 0.00000507. The van der Waals surface area contributed by atoms with Crippen molar-refractivity contribution in [1.82, 2.24) is 8.75 Å². The van der Waals surface area contributed by atoms with Gasteiger partial charge in [0.05, 0.1) is 44.3 Å². The zero-order chi connectivity index (χ0) is 26.8. The van der Waals surface area contributed by atoms with E-state index in [9.17, 15) is 9.59 Å². The lowest BCUT2D eigenvalue weighted by molar-refractivity contribution is -0.944. The third-order valence-corrected chi connectivity index (χ3v) is 7.24. The number of carbonyl (C=O) groups is 2. The quantitative estimate of drug-likeness (QED) is 0.108. The number of quaternary nitrogens is 1. The van der Waals surface area contributed by atoms with Crippen LogP contribution in [-0.4, -0.2) is 58.1 Å². The first-order valence-corrected chi connectivity index (χ1v) is 13.9. The maximum Gasteiger partial charge on any atom is 0.314 e. The van der Waals surface area contributed by atoms with Crippen molar-refractivity contribution in [1.29, 1.82) is 0 Å². The maximum atomic E-state index is 12.9. The second kappa shape index (κ2) is 15.5. The number of para-hydroxylation sites is 1. The van der Waals surface area contributed by atoms with Gasteiger partial charge in [-0.25, -0.2) is 0 Å². The molecule has 0 fully saturated rings. The van der Waals surface area contributed by atoms with Gasteiger partial charge in [-0.3, -0.25) is 14.1 Å². The fraction of sp³-hybridized carbons (Fsp3) is 0.571. The van der Waals surface area contributed by atoms with Crippen molar-refractivity contribution in [2.45, 2.75) is 72.4 Å². The molecule has 0 aliphatic carbocycles. The van der Waals surface area contributed by atoms with Crippen LogP contribution in [0.5, 0.6) is 11.6 Å². The van der Waals surface area contributed by atoms with Crippen molar-refractivity contribution in [3.8, 4) is 11.6 Å². The van der Waals surface area contributed by atoms with E-state index < -0.39 is 0 Å². The maximum absolute atomic E-state index is 12.9. The second-order valence-corrected chi connectivity index (χ2v) is 10.7. The topological polar surface area (TPSA) is 87.6 Å². The molecule has 1 aromatic carbocycles. The van der Waals surface area contributed by atoms with Gasteiger partial charge in [0.2, 0.25) is 6.23 Å². The highest BCUT2D eigenvalue weighted by molar-refractivity contribution is 6.99. The van der Waals surface area contributed by atoms with E-state index in [2.05, 4.69) is 28.8 Å². The van der Waals surface area contributed by atoms with Crippen LogP contribution in [0.1, 0.15) is 71.1 Å². The summed E-state index contributed by atoms with van der Waals surface area (Å²) in [5, 5.41) is 0. The number of benzene rings is 1. The Morgan fingerprint density at radius 3 is 2.61 bits per heavy atom. The largest absolute Gasteiger partial charge is 1.00 e. The first-order chi connectivity index (χ1) is 17.7. The summed E-state index contributed by atoms with van der Waals surface area (Å²) in [6.07, 6.45) is 7.24. The number of aromatic nitrogens is 2. The molecule has 10 heteroatoms. The molecule has 210 valence electrons. The van der Waals surface area contributed by atoms with E-state index in [0.29, 0.717) is 34.8 Å². The summed E-state index contributed by atoms with van der Waals surface area (Å²) in [6.45, 7) is 9.80. The molecule has 1 aliphatic heterocycles. The molecule has 2 heterocycles. The Labute approximate surface area is 247 Å². The molecule has 0 N–H and O–H groups in total. The van der Waals surface area contributed by atoms with Gasteiger partial charge < -0.3 is 38.2 Å². The van der Waals surface area contributed by atoms with Crippen molar-refractivity contribution >= 4 is 29.2 Å². The highest BCUT2D eigenvalue weighted by atomic mass is 127. The molecule has 2 unspecified atom stereocenters. The molecule has 8 nitrogen and oxygen atoms in total. The van der Waals surface area contributed by atoms with Crippen LogP contribution in [-0.2, 0) is 20.7 Å². The van der Waals surface area contributed by atoms with Crippen molar-refractivity contribution in [2.75, 3.05) is 26.7 Å². The first-order valence-electron chi connectivity index (χ1n) is 13.2. The SMILES string of the molecule is CCCCCCOc1nsnc1C1=CCC[N+](C)(C(C)OC(=O)Cc2ccccc2OC(=O)C(C)C)C1.[I-]. The fourth-order valence-electron chi connectivity index (χ4n) is 4.21. The molecule has 0 saturated heterocycles. The minimum Gasteiger partial charge on any atom is -1.00 e. The van der Waals surface area contributed by atoms with Gasteiger partial charge >= 0.3 is 11.9 Å². The zero-order valence-corrected chi connectivity index (χ0v) is 26.0. The number of ether oxygens (including phenoxy) is 3. The molecule has 38 heavy (non-hydrogen) atoms. The van der Waals surface area contributed by atoms with Gasteiger partial charge in [-0.15, -0.1) is 4.37 Å². The Bertz CT molecular complexity index is 1090. The molecular formula is C28H40IN3O5S. The Morgan fingerprint density at radius 2 is 1.87 bits per heavy atom. The summed E-state index contributed by atoms with van der Waals surface area (Å²) in [7, 11) is 2.09. The molecule has 0 radical (unpaired) electrons. The van der Waals surface area contributed by atoms with E-state index in [0.717, 1.165) is 48.8 Å². The van der Waals surface area contributed by atoms with Gasteiger partial charge in [-0.2, -0.15) is 4.37 Å². The number of carbonyl (C=O) groups excluding carboxylic acids is 2. The third kappa shape index (κ3) is 9.01. The highest BCUT2D eigenvalue weighted by Crippen LogP contribution is 2.32. The Morgan fingerprint density at radius 1 is 1.11 bits per heavy atom. The minimum absolute atomic E-state index is 0. The van der Waals surface area contributed by atoms with Crippen LogP contribution in [0, 0.1) is 5.92 Å². The lowest BCUT2D eigenvalue weighted by Crippen LogP contribution is -3.00. The van der Waals surface area contributed by atoms with E-state index in [1.54, 1.807) is 32.0 Å². The van der Waals surface area contributed by atoms with Crippen molar-refractivity contribution < 1.29 is 52.3 Å². The lowest BCUT2D eigenvalue weighted by Gasteiger charge is -2.41. The van der Waals surface area contributed by atoms with Crippen LogP contribution < -0.4 is 33.5 Å². The molecule has 0 spiro atoms. The van der Waals surface area contributed by atoms with Crippen LogP contribution in [0.2, 0.25) is 0 Å². The molecule has 3 rings (SSSR count). The standard InChI is InChI=1S/C28H40N3O5S.HI/c1-6-7-8-11-17-34-27-26(29-37-30-27)23-14-12-16-31(5,19-23)21(4)35-25(32)18-22-13-9-10-15-24(22)36-28(33)20(2)3;/h9-10,13-15,20-21H,6-8,11-12,16-19H2,1-5H3;1H/q+1;/p-1. The Hall–Kier alpha value is -2.05. The normalized spacial score (nSPS) is 17.8. The molecular weight excluding hydrogens is 617 g/mol. The summed E-state index contributed by atoms with van der Waals surface area (Å²) in [5.41, 5.74) is 2.49. The van der Waals surface area contributed by atoms with E-state index in [1.165, 1.54) is 12.8 Å². The number of hydrogen-bond acceptors (Lipinski definition) is 8. The second-order valence-electron chi connectivity index (χ2n) is 10.2. The summed E-state index contributed by atoms with van der Waals surface area (Å²) in [4.78, 5) is 25.0. The van der Waals surface area contributed by atoms with Gasteiger partial charge in [0.1, 0.15) is 18.0 Å². The molecule has 1 aliphatic rings. The molecule has 2 aromatic rings. The molecule has 2 atom stereocenters. The van der Waals surface area contributed by atoms with Gasteiger partial charge in [-0.1, -0.05) is 64.3 Å². The van der Waals surface area contributed by atoms with Crippen LogP contribution in [0.4, 0.5) is 0 Å². The van der Waals surface area contributed by atoms with Crippen LogP contribution >= 0.6 is 11.7 Å². The number of rotatable bonds is 13. The summed E-state index contributed by atoms with van der Waals surface area (Å²) in [5.74, 6) is 0.0416. The monoisotopic (exact) mass is 657 g/mol. The predicted molar refractivity (Wildman–Crippen MR) is 144 cm³/mol. The smallest absolute Gasteiger partial charge is 0.314 e. The van der Waals surface area contributed by atoms with Crippen molar-refractivity contribution in [3.05, 3.63) is 41.6 Å². The number of unbranched alkanes of at least 4 members (excludes halogenated alkanes) is 3. The number of esters is 2. The fourth-order valence-corrected chi connectivity index (χ4v) is 4.74. The van der Waals surface area contributed by atoms with Gasteiger partial charge in [-0.05, 0) is 12.5 Å². The molecule has 1 aromatic heterocycles. The lowest BCUT2D eigenvalue weighted by atomic mass is 10.0. The molecule has 0 amide bonds. The Kier molecular flexibility index (Phi) is 13.1. The van der Waals surface area contributed by atoms with Gasteiger partial charge in [0, 0.05) is 24.5 Å². The average molecular weight is 658 g/mol. The summed E-state index contributed by atoms with van der Waals surface area (Å²) >= 11 is 1.16. The number of halogens is 1. The van der Waals surface area contributed by atoms with Gasteiger partial charge in [0.15, 0.2) is 0 Å². The van der Waals surface area contributed by atoms with E-state index in [1.807, 2.05) is 13.0 Å². The van der Waals surface area contributed by atoms with Crippen LogP contribution in [0.3, 0.4) is 0 Å². The van der Waals surface area contributed by atoms with Gasteiger partial charge in [0.25, 0.3) is 5.88 Å². The van der Waals surface area contributed by atoms with Crippen molar-refractivity contribution in [3.63, 3.8) is 0 Å². The number of hydrogen-bond donors (Lipinski definition) is 0. The number of likely N-dealkylation sites (N-methyl/N-ethyl adjacent to an activating group) is 1. The average Bonchev–Trinajstić information content (AvgIpc) is 3.33. The molecule has 0 bridgehead atoms. The van der Waals surface area contributed by atoms with Crippen LogP contribution in [0.15, 0.2) is 30.3 Å². The third-order valence-electron chi connectivity index (χ3n) is 6.73. The summed E-state index contributed by atoms with van der Waals surface area (Å²) in [6, 6.07) is 7.09. The molecule has 0 saturated carbocycles. The van der Waals surface area contributed by atoms with Crippen molar-refractivity contribution in [2.24, 2.45) is 5.92 Å². The van der Waals surface area contributed by atoms with E-state index in [4.69, 9.17) is 14.2 Å².